The SMILES string of the molecule is CCCCCCCCN(CCCCCCCS(=O)(=O)N(CCCCCCCC)CCCCCCCC)CCCCC1C=C1. The topological polar surface area (TPSA) is 40.6 Å². The molecular weight excluding hydrogens is 548 g/mol. The summed E-state index contributed by atoms with van der Waals surface area (Å²) in [6, 6.07) is 0. The minimum Gasteiger partial charge on any atom is -0.303 e. The van der Waals surface area contributed by atoms with Crippen LogP contribution in [0, 0.1) is 5.92 Å². The average molecular weight is 625 g/mol. The van der Waals surface area contributed by atoms with Gasteiger partial charge in [0.25, 0.3) is 0 Å². The van der Waals surface area contributed by atoms with Crippen molar-refractivity contribution in [1.82, 2.24) is 9.21 Å². The first-order valence-corrected chi connectivity index (χ1v) is 21.0. The Morgan fingerprint density at radius 3 is 1.21 bits per heavy atom. The summed E-state index contributed by atoms with van der Waals surface area (Å²) < 4.78 is 28.5. The van der Waals surface area contributed by atoms with E-state index >= 15 is 0 Å². The van der Waals surface area contributed by atoms with E-state index in [0.717, 1.165) is 57.5 Å². The largest absolute Gasteiger partial charge is 0.303 e. The molecule has 0 aromatic rings. The number of sulfonamides is 1. The van der Waals surface area contributed by atoms with Crippen molar-refractivity contribution < 1.29 is 8.42 Å². The highest BCUT2D eigenvalue weighted by Crippen LogP contribution is 2.22. The van der Waals surface area contributed by atoms with Gasteiger partial charge in [0.2, 0.25) is 10.0 Å². The minimum atomic E-state index is -3.14. The van der Waals surface area contributed by atoms with E-state index in [1.807, 2.05) is 4.31 Å². The van der Waals surface area contributed by atoms with Crippen LogP contribution < -0.4 is 0 Å². The van der Waals surface area contributed by atoms with Gasteiger partial charge in [0.15, 0.2) is 0 Å². The standard InChI is InChI=1S/C38H76N2O2S/c1-4-7-10-13-17-23-32-39(34-27-22-29-38-30-31-38)33-24-18-16-21-28-37-43(41,42)40(35-25-19-14-11-8-5-2)36-26-20-15-12-9-6-3/h30-31,38H,4-29,32-37H2,1-3H3. The molecule has 0 aromatic carbocycles. The lowest BCUT2D eigenvalue weighted by Crippen LogP contribution is -2.35. The first-order chi connectivity index (χ1) is 21.0. The Morgan fingerprint density at radius 2 is 0.791 bits per heavy atom. The molecule has 4 nitrogen and oxygen atoms in total. The maximum absolute atomic E-state index is 13.3. The summed E-state index contributed by atoms with van der Waals surface area (Å²) in [4.78, 5) is 2.73. The molecule has 1 aliphatic rings. The van der Waals surface area contributed by atoms with Gasteiger partial charge in [-0.25, -0.2) is 12.7 Å². The molecule has 43 heavy (non-hydrogen) atoms. The number of hydrogen-bond donors (Lipinski definition) is 0. The van der Waals surface area contributed by atoms with Crippen molar-refractivity contribution in [2.24, 2.45) is 5.92 Å². The molecule has 0 atom stereocenters. The summed E-state index contributed by atoms with van der Waals surface area (Å²) in [5.74, 6) is 1.16. The van der Waals surface area contributed by atoms with Crippen LogP contribution in [0.25, 0.3) is 0 Å². The van der Waals surface area contributed by atoms with Crippen molar-refractivity contribution in [2.45, 2.75) is 188 Å². The van der Waals surface area contributed by atoms with Crippen molar-refractivity contribution >= 4 is 10.0 Å². The van der Waals surface area contributed by atoms with Crippen molar-refractivity contribution in [3.63, 3.8) is 0 Å². The fourth-order valence-electron chi connectivity index (χ4n) is 6.24. The Balaban J connectivity index is 2.31. The third-order valence-corrected chi connectivity index (χ3v) is 11.3. The van der Waals surface area contributed by atoms with Crippen LogP contribution in [0.1, 0.15) is 188 Å². The van der Waals surface area contributed by atoms with Crippen LogP contribution in [-0.4, -0.2) is 56.1 Å². The molecule has 0 radical (unpaired) electrons. The quantitative estimate of drug-likeness (QED) is 0.0520. The molecule has 0 fully saturated rings. The fraction of sp³-hybridized carbons (Fsp3) is 0.947. The molecule has 256 valence electrons. The Labute approximate surface area is 271 Å². The van der Waals surface area contributed by atoms with Gasteiger partial charge < -0.3 is 4.90 Å². The molecule has 0 heterocycles. The predicted molar refractivity (Wildman–Crippen MR) is 191 cm³/mol. The highest BCUT2D eigenvalue weighted by atomic mass is 32.2. The number of allylic oxidation sites excluding steroid dienone is 2. The molecule has 1 rings (SSSR count). The van der Waals surface area contributed by atoms with E-state index in [1.165, 1.54) is 148 Å². The third kappa shape index (κ3) is 25.5. The second-order valence-electron chi connectivity index (χ2n) is 13.7. The minimum absolute atomic E-state index is 0.346. The van der Waals surface area contributed by atoms with Gasteiger partial charge in [-0.1, -0.05) is 155 Å². The first kappa shape index (κ1) is 40.6. The van der Waals surface area contributed by atoms with Crippen LogP contribution in [-0.2, 0) is 10.0 Å². The number of hydrogen-bond acceptors (Lipinski definition) is 3. The number of nitrogens with zero attached hydrogens (tertiary/aromatic N) is 2. The lowest BCUT2D eigenvalue weighted by atomic mass is 10.1. The average Bonchev–Trinajstić information content (AvgIpc) is 3.83. The van der Waals surface area contributed by atoms with Gasteiger partial charge in [0, 0.05) is 13.1 Å². The third-order valence-electron chi connectivity index (χ3n) is 9.35. The van der Waals surface area contributed by atoms with Gasteiger partial charge in [0.05, 0.1) is 5.75 Å². The summed E-state index contributed by atoms with van der Waals surface area (Å²) in [7, 11) is -3.14. The number of unbranched alkanes of at least 4 members (excludes halogenated alkanes) is 20. The van der Waals surface area contributed by atoms with E-state index in [1.54, 1.807) is 0 Å². The number of rotatable bonds is 35. The summed E-state index contributed by atoms with van der Waals surface area (Å²) in [5.41, 5.74) is 0. The zero-order valence-corrected chi connectivity index (χ0v) is 30.3. The maximum atomic E-state index is 13.3. The van der Waals surface area contributed by atoms with Gasteiger partial charge in [-0.05, 0) is 70.5 Å². The van der Waals surface area contributed by atoms with Crippen LogP contribution in [0.15, 0.2) is 12.2 Å². The molecule has 0 N–H and O–H groups in total. The molecule has 0 amide bonds. The summed E-state index contributed by atoms with van der Waals surface area (Å²) in [5, 5.41) is 0. The van der Waals surface area contributed by atoms with Gasteiger partial charge in [-0.2, -0.15) is 0 Å². The van der Waals surface area contributed by atoms with E-state index in [4.69, 9.17) is 0 Å². The molecule has 0 aliphatic heterocycles. The summed E-state index contributed by atoms with van der Waals surface area (Å²) in [6.45, 7) is 12.0. The molecule has 0 unspecified atom stereocenters. The van der Waals surface area contributed by atoms with Crippen LogP contribution in [0.4, 0.5) is 0 Å². The van der Waals surface area contributed by atoms with Crippen LogP contribution in [0.3, 0.4) is 0 Å². The normalized spacial score (nSPS) is 13.6. The van der Waals surface area contributed by atoms with E-state index < -0.39 is 10.0 Å². The highest BCUT2D eigenvalue weighted by molar-refractivity contribution is 7.89. The highest BCUT2D eigenvalue weighted by Gasteiger charge is 2.20. The van der Waals surface area contributed by atoms with Crippen LogP contribution >= 0.6 is 0 Å². The zero-order valence-electron chi connectivity index (χ0n) is 29.5. The van der Waals surface area contributed by atoms with E-state index in [0.29, 0.717) is 5.75 Å². The predicted octanol–water partition coefficient (Wildman–Crippen LogP) is 11.3. The molecule has 0 saturated carbocycles. The van der Waals surface area contributed by atoms with Crippen molar-refractivity contribution in [1.29, 1.82) is 0 Å². The molecule has 0 saturated heterocycles. The van der Waals surface area contributed by atoms with E-state index in [2.05, 4.69) is 37.8 Å². The monoisotopic (exact) mass is 625 g/mol. The van der Waals surface area contributed by atoms with E-state index in [9.17, 15) is 8.42 Å². The molecule has 1 aliphatic carbocycles. The summed E-state index contributed by atoms with van der Waals surface area (Å²) in [6.07, 6.45) is 37.0. The van der Waals surface area contributed by atoms with Gasteiger partial charge in [-0.15, -0.1) is 0 Å². The van der Waals surface area contributed by atoms with Crippen molar-refractivity contribution in [3.05, 3.63) is 12.2 Å². The Hall–Kier alpha value is -0.390. The van der Waals surface area contributed by atoms with Crippen molar-refractivity contribution in [3.8, 4) is 0 Å². The lowest BCUT2D eigenvalue weighted by Gasteiger charge is -2.23. The van der Waals surface area contributed by atoms with Gasteiger partial charge >= 0.3 is 0 Å². The molecule has 0 aromatic heterocycles. The molecular formula is C38H76N2O2S. The van der Waals surface area contributed by atoms with Gasteiger partial charge in [-0.3, -0.25) is 0 Å². The van der Waals surface area contributed by atoms with Gasteiger partial charge in [0.1, 0.15) is 0 Å². The Morgan fingerprint density at radius 1 is 0.442 bits per heavy atom. The first-order valence-electron chi connectivity index (χ1n) is 19.4. The van der Waals surface area contributed by atoms with E-state index in [-0.39, 0.29) is 0 Å². The van der Waals surface area contributed by atoms with Crippen LogP contribution in [0.2, 0.25) is 0 Å². The zero-order chi connectivity index (χ0) is 31.3. The lowest BCUT2D eigenvalue weighted by molar-refractivity contribution is 0.254. The second-order valence-corrected chi connectivity index (χ2v) is 15.8. The molecule has 5 heteroatoms. The molecule has 0 bridgehead atoms. The maximum Gasteiger partial charge on any atom is 0.214 e. The second kappa shape index (κ2) is 29.0. The molecule has 0 spiro atoms. The summed E-state index contributed by atoms with van der Waals surface area (Å²) >= 11 is 0. The Bertz CT molecular complexity index is 701. The van der Waals surface area contributed by atoms with Crippen molar-refractivity contribution in [2.75, 3.05) is 38.5 Å². The van der Waals surface area contributed by atoms with Crippen LogP contribution in [0.5, 0.6) is 0 Å². The fourth-order valence-corrected chi connectivity index (χ4v) is 7.89. The smallest absolute Gasteiger partial charge is 0.214 e. The Kier molecular flexibility index (Phi) is 27.4.